The summed E-state index contributed by atoms with van der Waals surface area (Å²) in [6.45, 7) is 2.29. The molecule has 0 unspecified atom stereocenters. The van der Waals surface area contributed by atoms with Gasteiger partial charge in [-0.05, 0) is 29.5 Å². The maximum Gasteiger partial charge on any atom is 0 e. The number of unbranched alkanes of at least 4 members (excludes halogenated alkanes) is 8. The molecule has 2 heteroatoms. The summed E-state index contributed by atoms with van der Waals surface area (Å²) in [5.41, 5.74) is 4.26. The molecule has 0 nitrogen and oxygen atoms in total. The molecule has 25 heavy (non-hydrogen) atoms. The Bertz CT molecular complexity index is 537. The molecule has 0 aliphatic carbocycles. The van der Waals surface area contributed by atoms with Crippen molar-refractivity contribution in [2.75, 3.05) is 0 Å². The summed E-state index contributed by atoms with van der Waals surface area (Å²) >= 11 is 0. The molecule has 2 radical (unpaired) electrons. The van der Waals surface area contributed by atoms with Crippen molar-refractivity contribution >= 4 is 59.1 Å². The Morgan fingerprint density at radius 1 is 0.560 bits per heavy atom. The molecule has 0 aliphatic heterocycles. The number of aryl methyl sites for hydroxylation is 1. The molecule has 0 N–H and O–H groups in total. The molecule has 0 bridgehead atoms. The minimum atomic E-state index is 0. The van der Waals surface area contributed by atoms with Gasteiger partial charge in [-0.15, -0.1) is 0 Å². The molecule has 0 amide bonds. The quantitative estimate of drug-likeness (QED) is 0.312. The van der Waals surface area contributed by atoms with Crippen LogP contribution in [0.2, 0.25) is 0 Å². The van der Waals surface area contributed by atoms with Crippen LogP contribution in [0.5, 0.6) is 0 Å². The van der Waals surface area contributed by atoms with Gasteiger partial charge < -0.3 is 0 Å². The summed E-state index contributed by atoms with van der Waals surface area (Å²) in [7, 11) is 0. The van der Waals surface area contributed by atoms with E-state index in [0.717, 1.165) is 0 Å². The second kappa shape index (κ2) is 16.6. The Balaban J connectivity index is 0.00000288. The zero-order valence-electron chi connectivity index (χ0n) is 16.8. The molecule has 2 aromatic rings. The van der Waals surface area contributed by atoms with E-state index in [1.54, 1.807) is 0 Å². The van der Waals surface area contributed by atoms with Gasteiger partial charge in [0.15, 0.2) is 0 Å². The van der Waals surface area contributed by atoms with Crippen molar-refractivity contribution in [2.45, 2.75) is 71.1 Å². The van der Waals surface area contributed by atoms with Gasteiger partial charge in [-0.25, -0.2) is 0 Å². The van der Waals surface area contributed by atoms with Crippen molar-refractivity contribution in [1.82, 2.24) is 0 Å². The van der Waals surface area contributed by atoms with E-state index in [1.807, 2.05) is 0 Å². The average Bonchev–Trinajstić information content (AvgIpc) is 2.61. The van der Waals surface area contributed by atoms with Gasteiger partial charge >= 0.3 is 0 Å². The van der Waals surface area contributed by atoms with Crippen LogP contribution in [-0.4, -0.2) is 59.1 Å². The summed E-state index contributed by atoms with van der Waals surface area (Å²) in [5, 5.41) is 0. The van der Waals surface area contributed by atoms with Gasteiger partial charge in [-0.3, -0.25) is 0 Å². The molecule has 0 heterocycles. The van der Waals surface area contributed by atoms with Crippen LogP contribution in [0, 0.1) is 0 Å². The second-order valence-electron chi connectivity index (χ2n) is 6.60. The molecule has 0 spiro atoms. The van der Waals surface area contributed by atoms with Crippen molar-refractivity contribution in [3.8, 4) is 11.1 Å². The smallest absolute Gasteiger partial charge is 0 e. The number of hydrogen-bond acceptors (Lipinski definition) is 0. The Hall–Kier alpha value is 0.440. The van der Waals surface area contributed by atoms with E-state index in [9.17, 15) is 0 Å². The van der Waals surface area contributed by atoms with Crippen molar-refractivity contribution in [2.24, 2.45) is 0 Å². The van der Waals surface area contributed by atoms with Crippen LogP contribution in [0.25, 0.3) is 11.1 Å². The third kappa shape index (κ3) is 10.4. The number of hydrogen-bond donors (Lipinski definition) is 0. The minimum absolute atomic E-state index is 0. The molecule has 2 rings (SSSR count). The van der Waals surface area contributed by atoms with E-state index in [4.69, 9.17) is 0 Å². The molecular weight excluding hydrogens is 322 g/mol. The molecular formula is C23H32Na2. The van der Waals surface area contributed by atoms with Gasteiger partial charge in [-0.1, -0.05) is 113 Å². The van der Waals surface area contributed by atoms with Crippen LogP contribution in [0.15, 0.2) is 54.6 Å². The van der Waals surface area contributed by atoms with Crippen molar-refractivity contribution in [3.63, 3.8) is 0 Å². The Morgan fingerprint density at radius 2 is 1.08 bits per heavy atom. The fourth-order valence-electron chi connectivity index (χ4n) is 3.26. The predicted octanol–water partition coefficient (Wildman–Crippen LogP) is 6.67. The van der Waals surface area contributed by atoms with Crippen molar-refractivity contribution in [3.05, 3.63) is 60.2 Å². The zero-order valence-corrected chi connectivity index (χ0v) is 20.8. The minimum Gasteiger partial charge on any atom is -0.0654 e. The van der Waals surface area contributed by atoms with Gasteiger partial charge in [0.2, 0.25) is 0 Å². The van der Waals surface area contributed by atoms with E-state index in [-0.39, 0.29) is 59.1 Å². The van der Waals surface area contributed by atoms with Crippen LogP contribution in [0.3, 0.4) is 0 Å². The first-order valence-corrected chi connectivity index (χ1v) is 9.55. The van der Waals surface area contributed by atoms with E-state index in [1.165, 1.54) is 80.9 Å². The Labute approximate surface area is 199 Å². The van der Waals surface area contributed by atoms with Gasteiger partial charge in [0.1, 0.15) is 0 Å². The number of benzene rings is 2. The topological polar surface area (TPSA) is 0 Å². The Morgan fingerprint density at radius 3 is 1.72 bits per heavy atom. The molecule has 0 atom stereocenters. The van der Waals surface area contributed by atoms with E-state index >= 15 is 0 Å². The van der Waals surface area contributed by atoms with Gasteiger partial charge in [-0.2, -0.15) is 0 Å². The summed E-state index contributed by atoms with van der Waals surface area (Å²) in [5.74, 6) is 0. The third-order valence-corrected chi connectivity index (χ3v) is 4.65. The normalized spacial score (nSPS) is 9.96. The summed E-state index contributed by atoms with van der Waals surface area (Å²) in [6.07, 6.45) is 13.8. The van der Waals surface area contributed by atoms with Crippen LogP contribution in [0.4, 0.5) is 0 Å². The van der Waals surface area contributed by atoms with Gasteiger partial charge in [0, 0.05) is 59.1 Å². The van der Waals surface area contributed by atoms with Crippen LogP contribution < -0.4 is 0 Å². The molecule has 0 saturated heterocycles. The molecule has 2 aromatic carbocycles. The van der Waals surface area contributed by atoms with E-state index in [0.29, 0.717) is 0 Å². The maximum absolute atomic E-state index is 2.30. The monoisotopic (exact) mass is 354 g/mol. The fraction of sp³-hybridized carbons (Fsp3) is 0.478. The van der Waals surface area contributed by atoms with Gasteiger partial charge in [0.05, 0.1) is 0 Å². The SMILES string of the molecule is CCCCCCCCCCCc1ccccc1-c1ccccc1.[Na].[Na]. The van der Waals surface area contributed by atoms with Gasteiger partial charge in [0.25, 0.3) is 0 Å². The third-order valence-electron chi connectivity index (χ3n) is 4.65. The maximum atomic E-state index is 2.30. The van der Waals surface area contributed by atoms with Crippen LogP contribution in [0.1, 0.15) is 70.3 Å². The predicted molar refractivity (Wildman–Crippen MR) is 114 cm³/mol. The van der Waals surface area contributed by atoms with Crippen molar-refractivity contribution < 1.29 is 0 Å². The van der Waals surface area contributed by atoms with E-state index in [2.05, 4.69) is 61.5 Å². The average molecular weight is 354 g/mol. The first-order chi connectivity index (χ1) is 11.4. The molecule has 126 valence electrons. The Kier molecular flexibility index (Phi) is 16.9. The number of rotatable bonds is 11. The summed E-state index contributed by atoms with van der Waals surface area (Å²) < 4.78 is 0. The van der Waals surface area contributed by atoms with E-state index < -0.39 is 0 Å². The van der Waals surface area contributed by atoms with Crippen molar-refractivity contribution in [1.29, 1.82) is 0 Å². The van der Waals surface area contributed by atoms with Crippen LogP contribution >= 0.6 is 0 Å². The van der Waals surface area contributed by atoms with Crippen LogP contribution in [-0.2, 0) is 6.42 Å². The summed E-state index contributed by atoms with van der Waals surface area (Å²) in [6, 6.07) is 19.7. The molecule has 0 aliphatic rings. The molecule has 0 aromatic heterocycles. The first kappa shape index (κ1) is 25.4. The molecule has 0 fully saturated rings. The standard InChI is InChI=1S/C23H32.2Na/c1-2-3-4-5-6-7-8-9-11-16-22-19-14-15-20-23(22)21-17-12-10-13-18-21;;/h10,12-15,17-20H,2-9,11,16H2,1H3;;. The second-order valence-corrected chi connectivity index (χ2v) is 6.60. The first-order valence-electron chi connectivity index (χ1n) is 9.55. The molecule has 0 saturated carbocycles. The zero-order chi connectivity index (χ0) is 16.2. The fourth-order valence-corrected chi connectivity index (χ4v) is 3.26. The largest absolute Gasteiger partial charge is 0.0654 e. The summed E-state index contributed by atoms with van der Waals surface area (Å²) in [4.78, 5) is 0.